The van der Waals surface area contributed by atoms with Gasteiger partial charge in [-0.2, -0.15) is 0 Å². The second-order valence-electron chi connectivity index (χ2n) is 5.45. The topological polar surface area (TPSA) is 29.1 Å². The van der Waals surface area contributed by atoms with E-state index in [4.69, 9.17) is 0 Å². The van der Waals surface area contributed by atoms with Gasteiger partial charge in [-0.3, -0.25) is 4.79 Å². The third-order valence-corrected chi connectivity index (χ3v) is 3.81. The fraction of sp³-hybridized carbons (Fsp3) is 0.316. The molecule has 0 aliphatic carbocycles. The number of rotatable bonds is 6. The van der Waals surface area contributed by atoms with E-state index < -0.39 is 0 Å². The lowest BCUT2D eigenvalue weighted by Gasteiger charge is -2.19. The Morgan fingerprint density at radius 2 is 1.43 bits per heavy atom. The number of carbonyl (C=O) groups excluding carboxylic acids is 1. The molecule has 2 heteroatoms. The van der Waals surface area contributed by atoms with Crippen LogP contribution in [-0.2, 0) is 4.79 Å². The van der Waals surface area contributed by atoms with Gasteiger partial charge in [0.15, 0.2) is 0 Å². The molecule has 2 aromatic rings. The monoisotopic (exact) mass is 281 g/mol. The molecule has 0 radical (unpaired) electrons. The summed E-state index contributed by atoms with van der Waals surface area (Å²) >= 11 is 0. The smallest absolute Gasteiger partial charge is 0.221 e. The predicted octanol–water partition coefficient (Wildman–Crippen LogP) is 4.12. The Kier molecular flexibility index (Phi) is 5.56. The fourth-order valence-corrected chi connectivity index (χ4v) is 2.42. The normalized spacial score (nSPS) is 12.1. The van der Waals surface area contributed by atoms with Gasteiger partial charge >= 0.3 is 0 Å². The van der Waals surface area contributed by atoms with Crippen molar-refractivity contribution in [3.05, 3.63) is 71.8 Å². The molecule has 0 fully saturated rings. The van der Waals surface area contributed by atoms with Crippen molar-refractivity contribution in [3.8, 4) is 0 Å². The molecule has 2 nitrogen and oxygen atoms in total. The summed E-state index contributed by atoms with van der Waals surface area (Å²) in [5.41, 5.74) is 2.37. The van der Waals surface area contributed by atoms with E-state index in [1.807, 2.05) is 43.3 Å². The van der Waals surface area contributed by atoms with E-state index in [2.05, 4.69) is 36.5 Å². The van der Waals surface area contributed by atoms with E-state index in [0.717, 1.165) is 6.42 Å². The summed E-state index contributed by atoms with van der Waals surface area (Å²) in [6.45, 7) is 4.12. The van der Waals surface area contributed by atoms with Gasteiger partial charge in [0.2, 0.25) is 5.91 Å². The van der Waals surface area contributed by atoms with E-state index >= 15 is 0 Å². The van der Waals surface area contributed by atoms with Crippen molar-refractivity contribution < 1.29 is 4.79 Å². The highest BCUT2D eigenvalue weighted by atomic mass is 16.1. The molecular weight excluding hydrogens is 258 g/mol. The van der Waals surface area contributed by atoms with Gasteiger partial charge in [-0.1, -0.05) is 67.6 Å². The Labute approximate surface area is 127 Å². The van der Waals surface area contributed by atoms with Gasteiger partial charge in [-0.25, -0.2) is 0 Å². The first-order chi connectivity index (χ1) is 10.2. The minimum Gasteiger partial charge on any atom is -0.354 e. The molecule has 2 rings (SSSR count). The summed E-state index contributed by atoms with van der Waals surface area (Å²) in [4.78, 5) is 12.3. The SMILES string of the molecule is CC[C@H](C)NC(=O)CC(c1ccccc1)c1ccccc1. The van der Waals surface area contributed by atoms with Gasteiger partial charge in [0.1, 0.15) is 0 Å². The Bertz CT molecular complexity index is 511. The van der Waals surface area contributed by atoms with Crippen LogP contribution in [0.4, 0.5) is 0 Å². The molecule has 0 unspecified atom stereocenters. The van der Waals surface area contributed by atoms with Crippen molar-refractivity contribution in [1.29, 1.82) is 0 Å². The highest BCUT2D eigenvalue weighted by Crippen LogP contribution is 2.27. The summed E-state index contributed by atoms with van der Waals surface area (Å²) in [6.07, 6.45) is 1.44. The lowest BCUT2D eigenvalue weighted by Crippen LogP contribution is -2.33. The first kappa shape index (κ1) is 15.3. The van der Waals surface area contributed by atoms with Crippen molar-refractivity contribution in [3.63, 3.8) is 0 Å². The number of hydrogen-bond donors (Lipinski definition) is 1. The van der Waals surface area contributed by atoms with E-state index in [1.54, 1.807) is 0 Å². The molecule has 0 spiro atoms. The third kappa shape index (κ3) is 4.45. The Morgan fingerprint density at radius 3 is 1.86 bits per heavy atom. The van der Waals surface area contributed by atoms with Crippen LogP contribution in [0.5, 0.6) is 0 Å². The third-order valence-electron chi connectivity index (χ3n) is 3.81. The molecular formula is C19H23NO. The summed E-state index contributed by atoms with van der Waals surface area (Å²) in [6, 6.07) is 20.7. The van der Waals surface area contributed by atoms with Gasteiger partial charge in [0, 0.05) is 18.4 Å². The van der Waals surface area contributed by atoms with Gasteiger partial charge in [0.25, 0.3) is 0 Å². The van der Waals surface area contributed by atoms with Crippen molar-refractivity contribution >= 4 is 5.91 Å². The molecule has 0 saturated carbocycles. The molecule has 21 heavy (non-hydrogen) atoms. The fourth-order valence-electron chi connectivity index (χ4n) is 2.42. The van der Waals surface area contributed by atoms with Crippen LogP contribution in [0.3, 0.4) is 0 Å². The van der Waals surface area contributed by atoms with E-state index in [9.17, 15) is 4.79 Å². The molecule has 1 atom stereocenters. The van der Waals surface area contributed by atoms with Crippen LogP contribution in [0.25, 0.3) is 0 Å². The molecule has 110 valence electrons. The lowest BCUT2D eigenvalue weighted by atomic mass is 9.88. The summed E-state index contributed by atoms with van der Waals surface area (Å²) in [7, 11) is 0. The number of amides is 1. The number of carbonyl (C=O) groups is 1. The first-order valence-corrected chi connectivity index (χ1v) is 7.60. The zero-order valence-corrected chi connectivity index (χ0v) is 12.8. The highest BCUT2D eigenvalue weighted by molar-refractivity contribution is 5.77. The molecule has 0 heterocycles. The van der Waals surface area contributed by atoms with Crippen molar-refractivity contribution in [2.45, 2.75) is 38.6 Å². The molecule has 1 N–H and O–H groups in total. The van der Waals surface area contributed by atoms with Crippen molar-refractivity contribution in [1.82, 2.24) is 5.32 Å². The lowest BCUT2D eigenvalue weighted by molar-refractivity contribution is -0.121. The van der Waals surface area contributed by atoms with Gasteiger partial charge < -0.3 is 5.32 Å². The van der Waals surface area contributed by atoms with Crippen LogP contribution < -0.4 is 5.32 Å². The van der Waals surface area contributed by atoms with E-state index in [1.165, 1.54) is 11.1 Å². The molecule has 2 aromatic carbocycles. The maximum Gasteiger partial charge on any atom is 0.221 e. The Balaban J connectivity index is 2.19. The van der Waals surface area contributed by atoms with Crippen LogP contribution >= 0.6 is 0 Å². The zero-order valence-electron chi connectivity index (χ0n) is 12.8. The Morgan fingerprint density at radius 1 is 0.952 bits per heavy atom. The van der Waals surface area contributed by atoms with E-state index in [0.29, 0.717) is 6.42 Å². The van der Waals surface area contributed by atoms with Crippen LogP contribution in [0.1, 0.15) is 43.7 Å². The van der Waals surface area contributed by atoms with Crippen LogP contribution in [0.15, 0.2) is 60.7 Å². The predicted molar refractivity (Wildman–Crippen MR) is 87.2 cm³/mol. The summed E-state index contributed by atoms with van der Waals surface area (Å²) in [5.74, 6) is 0.221. The molecule has 0 saturated heterocycles. The van der Waals surface area contributed by atoms with Gasteiger partial charge in [-0.05, 0) is 24.5 Å². The van der Waals surface area contributed by atoms with Crippen LogP contribution in [0.2, 0.25) is 0 Å². The maximum absolute atomic E-state index is 12.3. The second-order valence-corrected chi connectivity index (χ2v) is 5.45. The quantitative estimate of drug-likeness (QED) is 0.847. The molecule has 0 aliphatic heterocycles. The molecule has 0 aliphatic rings. The van der Waals surface area contributed by atoms with Crippen LogP contribution in [-0.4, -0.2) is 11.9 Å². The maximum atomic E-state index is 12.3. The number of nitrogens with one attached hydrogen (secondary N) is 1. The number of hydrogen-bond acceptors (Lipinski definition) is 1. The van der Waals surface area contributed by atoms with Crippen LogP contribution in [0, 0.1) is 0 Å². The van der Waals surface area contributed by atoms with Gasteiger partial charge in [0.05, 0.1) is 0 Å². The zero-order chi connectivity index (χ0) is 15.1. The highest BCUT2D eigenvalue weighted by Gasteiger charge is 2.18. The van der Waals surface area contributed by atoms with Crippen molar-refractivity contribution in [2.75, 3.05) is 0 Å². The average molecular weight is 281 g/mol. The average Bonchev–Trinajstić information content (AvgIpc) is 2.54. The standard InChI is InChI=1S/C19H23NO/c1-3-15(2)20-19(21)14-18(16-10-6-4-7-11-16)17-12-8-5-9-13-17/h4-13,15,18H,3,14H2,1-2H3,(H,20,21)/t15-/m0/s1. The summed E-state index contributed by atoms with van der Waals surface area (Å²) < 4.78 is 0. The minimum absolute atomic E-state index is 0.108. The van der Waals surface area contributed by atoms with E-state index in [-0.39, 0.29) is 17.9 Å². The second kappa shape index (κ2) is 7.63. The largest absolute Gasteiger partial charge is 0.354 e. The first-order valence-electron chi connectivity index (χ1n) is 7.60. The Hall–Kier alpha value is -2.09. The molecule has 1 amide bonds. The molecule has 0 aromatic heterocycles. The summed E-state index contributed by atoms with van der Waals surface area (Å²) in [5, 5.41) is 3.06. The molecule has 0 bridgehead atoms. The van der Waals surface area contributed by atoms with Crippen molar-refractivity contribution in [2.24, 2.45) is 0 Å². The minimum atomic E-state index is 0.108. The number of benzene rings is 2. The van der Waals surface area contributed by atoms with Gasteiger partial charge in [-0.15, -0.1) is 0 Å².